The summed E-state index contributed by atoms with van der Waals surface area (Å²) in [4.78, 5) is 0. The molecule has 110 valence electrons. The smallest absolute Gasteiger partial charge is 0.187 e. The summed E-state index contributed by atoms with van der Waals surface area (Å²) in [6.45, 7) is 6.10. The third-order valence-corrected chi connectivity index (χ3v) is 2.68. The van der Waals surface area contributed by atoms with Gasteiger partial charge in [-0.3, -0.25) is 5.43 Å². The second-order valence-corrected chi connectivity index (χ2v) is 6.00. The third-order valence-electron chi connectivity index (χ3n) is 2.48. The van der Waals surface area contributed by atoms with Crippen LogP contribution in [0.2, 0.25) is 0 Å². The summed E-state index contributed by atoms with van der Waals surface area (Å²) in [6.07, 6.45) is 3.53. The van der Waals surface area contributed by atoms with E-state index >= 15 is 0 Å². The van der Waals surface area contributed by atoms with Gasteiger partial charge in [-0.2, -0.15) is 10.2 Å². The van der Waals surface area contributed by atoms with Crippen LogP contribution in [-0.4, -0.2) is 26.6 Å². The number of benzene rings is 1. The fraction of sp³-hybridized carbons (Fsp3) is 0.267. The Balaban J connectivity index is 1.94. The Hall–Kier alpha value is -2.21. The Kier molecular flexibility index (Phi) is 4.70. The first-order valence-electron chi connectivity index (χ1n) is 6.66. The molecule has 1 heterocycles. The van der Waals surface area contributed by atoms with E-state index < -0.39 is 0 Å². The lowest BCUT2D eigenvalue weighted by atomic mass is 10.1. The molecule has 2 N–H and O–H groups in total. The van der Waals surface area contributed by atoms with Crippen LogP contribution in [0.1, 0.15) is 26.5 Å². The maximum atomic E-state index is 5.14. The van der Waals surface area contributed by atoms with Gasteiger partial charge in [-0.1, -0.05) is 18.2 Å². The molecule has 0 bridgehead atoms. The molecular weight excluding hydrogens is 282 g/mol. The van der Waals surface area contributed by atoms with Crippen LogP contribution >= 0.6 is 12.2 Å². The zero-order valence-electron chi connectivity index (χ0n) is 12.4. The monoisotopic (exact) mass is 301 g/mol. The fourth-order valence-electron chi connectivity index (χ4n) is 1.66. The van der Waals surface area contributed by atoms with Crippen molar-refractivity contribution in [1.82, 2.24) is 20.5 Å². The van der Waals surface area contributed by atoms with E-state index in [1.165, 1.54) is 0 Å². The van der Waals surface area contributed by atoms with Crippen LogP contribution in [0.4, 0.5) is 0 Å². The van der Waals surface area contributed by atoms with Gasteiger partial charge in [-0.15, -0.1) is 0 Å². The molecule has 2 aromatic rings. The summed E-state index contributed by atoms with van der Waals surface area (Å²) in [5, 5.41) is 12.1. The molecule has 0 radical (unpaired) electrons. The molecule has 0 spiro atoms. The molecule has 2 rings (SSSR count). The highest BCUT2D eigenvalue weighted by molar-refractivity contribution is 7.80. The van der Waals surface area contributed by atoms with Gasteiger partial charge in [0, 0.05) is 11.7 Å². The molecular formula is C15H19N5S. The highest BCUT2D eigenvalue weighted by Gasteiger charge is 2.09. The Morgan fingerprint density at radius 2 is 1.95 bits per heavy atom. The van der Waals surface area contributed by atoms with Gasteiger partial charge in [0.1, 0.15) is 5.69 Å². The minimum atomic E-state index is -0.0888. The van der Waals surface area contributed by atoms with E-state index in [1.807, 2.05) is 63.4 Å². The van der Waals surface area contributed by atoms with Gasteiger partial charge in [0.05, 0.1) is 11.9 Å². The van der Waals surface area contributed by atoms with Crippen LogP contribution in [-0.2, 0) is 0 Å². The Labute approximate surface area is 130 Å². The molecule has 0 saturated carbocycles. The molecule has 0 aliphatic rings. The fourth-order valence-corrected chi connectivity index (χ4v) is 2.02. The van der Waals surface area contributed by atoms with Crippen LogP contribution in [0, 0.1) is 0 Å². The van der Waals surface area contributed by atoms with Gasteiger partial charge in [0.25, 0.3) is 0 Å². The number of hydrazone groups is 1. The normalized spacial score (nSPS) is 11.6. The summed E-state index contributed by atoms with van der Waals surface area (Å²) in [7, 11) is 0. The lowest BCUT2D eigenvalue weighted by Gasteiger charge is -2.21. The first-order valence-corrected chi connectivity index (χ1v) is 7.07. The summed E-state index contributed by atoms with van der Waals surface area (Å²) >= 11 is 5.14. The van der Waals surface area contributed by atoms with Gasteiger partial charge in [-0.05, 0) is 51.2 Å². The molecule has 0 amide bonds. The van der Waals surface area contributed by atoms with Crippen LogP contribution in [0.5, 0.6) is 0 Å². The van der Waals surface area contributed by atoms with E-state index in [1.54, 1.807) is 10.9 Å². The van der Waals surface area contributed by atoms with Crippen LogP contribution in [0.25, 0.3) is 5.69 Å². The lowest BCUT2D eigenvalue weighted by molar-refractivity contribution is 0.508. The van der Waals surface area contributed by atoms with E-state index in [0.717, 1.165) is 11.4 Å². The first kappa shape index (κ1) is 15.2. The molecule has 0 unspecified atom stereocenters. The van der Waals surface area contributed by atoms with Crippen LogP contribution in [0.15, 0.2) is 47.7 Å². The molecule has 1 aromatic heterocycles. The van der Waals surface area contributed by atoms with E-state index in [9.17, 15) is 0 Å². The number of hydrogen-bond acceptors (Lipinski definition) is 3. The molecule has 0 atom stereocenters. The summed E-state index contributed by atoms with van der Waals surface area (Å²) < 4.78 is 1.80. The van der Waals surface area contributed by atoms with Gasteiger partial charge in [-0.25, -0.2) is 4.68 Å². The van der Waals surface area contributed by atoms with Gasteiger partial charge >= 0.3 is 0 Å². The number of para-hydroxylation sites is 1. The minimum absolute atomic E-state index is 0.0888. The second-order valence-electron chi connectivity index (χ2n) is 5.59. The van der Waals surface area contributed by atoms with Crippen LogP contribution < -0.4 is 10.7 Å². The zero-order valence-corrected chi connectivity index (χ0v) is 13.2. The van der Waals surface area contributed by atoms with Crippen molar-refractivity contribution in [3.8, 4) is 5.69 Å². The number of nitrogens with zero attached hydrogens (tertiary/aromatic N) is 3. The number of hydrogen-bond donors (Lipinski definition) is 2. The third kappa shape index (κ3) is 5.00. The Morgan fingerprint density at radius 1 is 1.24 bits per heavy atom. The highest BCUT2D eigenvalue weighted by atomic mass is 32.1. The highest BCUT2D eigenvalue weighted by Crippen LogP contribution is 2.05. The van der Waals surface area contributed by atoms with E-state index in [2.05, 4.69) is 20.9 Å². The Bertz CT molecular complexity index is 625. The van der Waals surface area contributed by atoms with Gasteiger partial charge < -0.3 is 5.32 Å². The van der Waals surface area contributed by atoms with E-state index in [-0.39, 0.29) is 5.54 Å². The van der Waals surface area contributed by atoms with Gasteiger partial charge in [0.2, 0.25) is 0 Å². The standard InChI is InChI=1S/C15H19N5S/c1-15(2,3)17-14(21)18-16-11-12-9-10-20(19-12)13-7-5-4-6-8-13/h4-11H,1-3H3,(H2,17,18,21)/b16-11+. The summed E-state index contributed by atoms with van der Waals surface area (Å²) in [6, 6.07) is 11.8. The SMILES string of the molecule is CC(C)(C)NC(=S)N/N=C/c1ccn(-c2ccccc2)n1. The molecule has 5 nitrogen and oxygen atoms in total. The van der Waals surface area contributed by atoms with Crippen molar-refractivity contribution in [1.29, 1.82) is 0 Å². The molecule has 1 aromatic carbocycles. The average molecular weight is 301 g/mol. The molecule has 0 aliphatic heterocycles. The van der Waals surface area contributed by atoms with Crippen molar-refractivity contribution in [2.75, 3.05) is 0 Å². The summed E-state index contributed by atoms with van der Waals surface area (Å²) in [5.74, 6) is 0. The summed E-state index contributed by atoms with van der Waals surface area (Å²) in [5.41, 5.74) is 4.45. The van der Waals surface area contributed by atoms with Gasteiger partial charge in [0.15, 0.2) is 5.11 Å². The average Bonchev–Trinajstić information content (AvgIpc) is 2.86. The maximum absolute atomic E-state index is 5.14. The zero-order chi connectivity index (χ0) is 15.3. The molecule has 21 heavy (non-hydrogen) atoms. The number of thiocarbonyl (C=S) groups is 1. The number of rotatable bonds is 3. The Morgan fingerprint density at radius 3 is 2.62 bits per heavy atom. The first-order chi connectivity index (χ1) is 9.94. The van der Waals surface area contributed by atoms with Crippen molar-refractivity contribution >= 4 is 23.5 Å². The number of aromatic nitrogens is 2. The number of nitrogens with one attached hydrogen (secondary N) is 2. The quantitative estimate of drug-likeness (QED) is 0.519. The molecule has 0 saturated heterocycles. The minimum Gasteiger partial charge on any atom is -0.357 e. The van der Waals surface area contributed by atoms with Crippen molar-refractivity contribution in [3.05, 3.63) is 48.3 Å². The second kappa shape index (κ2) is 6.49. The predicted molar refractivity (Wildman–Crippen MR) is 89.8 cm³/mol. The van der Waals surface area contributed by atoms with Crippen LogP contribution in [0.3, 0.4) is 0 Å². The van der Waals surface area contributed by atoms with Crippen molar-refractivity contribution in [2.45, 2.75) is 26.3 Å². The van der Waals surface area contributed by atoms with E-state index in [0.29, 0.717) is 5.11 Å². The van der Waals surface area contributed by atoms with Crippen molar-refractivity contribution in [3.63, 3.8) is 0 Å². The molecule has 0 fully saturated rings. The van der Waals surface area contributed by atoms with Crippen molar-refractivity contribution < 1.29 is 0 Å². The van der Waals surface area contributed by atoms with E-state index in [4.69, 9.17) is 12.2 Å². The molecule has 0 aliphatic carbocycles. The lowest BCUT2D eigenvalue weighted by Crippen LogP contribution is -2.44. The maximum Gasteiger partial charge on any atom is 0.187 e. The largest absolute Gasteiger partial charge is 0.357 e. The van der Waals surface area contributed by atoms with Crippen molar-refractivity contribution in [2.24, 2.45) is 5.10 Å². The predicted octanol–water partition coefficient (Wildman–Crippen LogP) is 2.47. The molecule has 6 heteroatoms. The topological polar surface area (TPSA) is 54.2 Å².